The molecule has 1 aliphatic heterocycles. The lowest BCUT2D eigenvalue weighted by atomic mass is 10.2. The summed E-state index contributed by atoms with van der Waals surface area (Å²) in [7, 11) is 0. The number of likely N-dealkylation sites (tertiary alicyclic amines) is 1. The van der Waals surface area contributed by atoms with Crippen LogP contribution in [0.4, 0.5) is 10.5 Å². The third-order valence-corrected chi connectivity index (χ3v) is 4.70. The fourth-order valence-electron chi connectivity index (χ4n) is 3.12. The summed E-state index contributed by atoms with van der Waals surface area (Å²) < 4.78 is 11.3. The Balaban J connectivity index is 1.52. The van der Waals surface area contributed by atoms with Gasteiger partial charge in [0.05, 0.1) is 6.04 Å². The molecule has 1 saturated heterocycles. The second-order valence-electron chi connectivity index (χ2n) is 7.93. The van der Waals surface area contributed by atoms with Gasteiger partial charge in [0.2, 0.25) is 0 Å². The lowest BCUT2D eigenvalue weighted by Crippen LogP contribution is -2.42. The Kier molecular flexibility index (Phi) is 6.35. The molecule has 6 heteroatoms. The lowest BCUT2D eigenvalue weighted by Gasteiger charge is -2.29. The van der Waals surface area contributed by atoms with Crippen LogP contribution in [-0.2, 0) is 4.74 Å². The van der Waals surface area contributed by atoms with Gasteiger partial charge in [0.1, 0.15) is 17.1 Å². The van der Waals surface area contributed by atoms with Crippen LogP contribution in [0, 0.1) is 0 Å². The Morgan fingerprint density at radius 3 is 2.32 bits per heavy atom. The highest BCUT2D eigenvalue weighted by atomic mass is 35.5. The predicted octanol–water partition coefficient (Wildman–Crippen LogP) is 5.94. The number of anilines is 1. The number of rotatable bonds is 5. The average Bonchev–Trinajstić information content (AvgIpc) is 3.10. The van der Waals surface area contributed by atoms with Crippen LogP contribution in [0.5, 0.6) is 11.5 Å². The zero-order chi connectivity index (χ0) is 20.1. The standard InChI is InChI=1S/C22H27ClN2O3/c1-22(2,3)28-21(26)25-14-4-5-18(25)15-24-17-8-12-20(13-9-17)27-19-10-6-16(23)7-11-19/h6-13,18,24H,4-5,14-15H2,1-3H3/t18-/m0/s1. The largest absolute Gasteiger partial charge is 0.457 e. The lowest BCUT2D eigenvalue weighted by molar-refractivity contribution is 0.0235. The van der Waals surface area contributed by atoms with Crippen LogP contribution in [-0.4, -0.2) is 35.7 Å². The van der Waals surface area contributed by atoms with Gasteiger partial charge in [0.15, 0.2) is 0 Å². The molecule has 0 radical (unpaired) electrons. The zero-order valence-electron chi connectivity index (χ0n) is 16.6. The minimum atomic E-state index is -0.475. The van der Waals surface area contributed by atoms with Crippen LogP contribution >= 0.6 is 11.6 Å². The van der Waals surface area contributed by atoms with Gasteiger partial charge in [-0.05, 0) is 82.1 Å². The van der Waals surface area contributed by atoms with Crippen molar-refractivity contribution in [3.05, 3.63) is 53.6 Å². The third kappa shape index (κ3) is 5.80. The van der Waals surface area contributed by atoms with E-state index in [1.54, 1.807) is 12.1 Å². The van der Waals surface area contributed by atoms with E-state index in [9.17, 15) is 4.79 Å². The summed E-state index contributed by atoms with van der Waals surface area (Å²) in [5.74, 6) is 1.49. The number of hydrogen-bond donors (Lipinski definition) is 1. The highest BCUT2D eigenvalue weighted by molar-refractivity contribution is 6.30. The Labute approximate surface area is 171 Å². The van der Waals surface area contributed by atoms with Crippen LogP contribution in [0.1, 0.15) is 33.6 Å². The summed E-state index contributed by atoms with van der Waals surface area (Å²) in [6.07, 6.45) is 1.74. The first-order valence-electron chi connectivity index (χ1n) is 9.57. The van der Waals surface area contributed by atoms with Crippen LogP contribution in [0.25, 0.3) is 0 Å². The molecule has 5 nitrogen and oxygen atoms in total. The molecule has 1 aliphatic rings. The maximum absolute atomic E-state index is 12.4. The number of carbonyl (C=O) groups is 1. The van der Waals surface area contributed by atoms with E-state index in [2.05, 4.69) is 5.32 Å². The summed E-state index contributed by atoms with van der Waals surface area (Å²) >= 11 is 5.89. The van der Waals surface area contributed by atoms with E-state index in [1.807, 2.05) is 62.1 Å². The molecule has 1 fully saturated rings. The molecule has 0 spiro atoms. The number of hydrogen-bond acceptors (Lipinski definition) is 4. The smallest absolute Gasteiger partial charge is 0.410 e. The molecule has 1 heterocycles. The fourth-order valence-corrected chi connectivity index (χ4v) is 3.25. The van der Waals surface area contributed by atoms with E-state index in [4.69, 9.17) is 21.1 Å². The minimum absolute atomic E-state index is 0.139. The molecule has 0 unspecified atom stereocenters. The molecule has 150 valence electrons. The van der Waals surface area contributed by atoms with E-state index in [1.165, 1.54) is 0 Å². The van der Waals surface area contributed by atoms with Crippen molar-refractivity contribution in [1.29, 1.82) is 0 Å². The fraction of sp³-hybridized carbons (Fsp3) is 0.409. The maximum atomic E-state index is 12.4. The first-order chi connectivity index (χ1) is 13.3. The quantitative estimate of drug-likeness (QED) is 0.671. The van der Waals surface area contributed by atoms with Crippen LogP contribution in [0.3, 0.4) is 0 Å². The topological polar surface area (TPSA) is 50.8 Å². The van der Waals surface area contributed by atoms with Crippen LogP contribution < -0.4 is 10.1 Å². The van der Waals surface area contributed by atoms with Gasteiger partial charge in [0.25, 0.3) is 0 Å². The van der Waals surface area contributed by atoms with Crippen molar-refractivity contribution in [3.63, 3.8) is 0 Å². The molecule has 0 bridgehead atoms. The molecule has 2 aromatic rings. The Morgan fingerprint density at radius 2 is 1.71 bits per heavy atom. The molecule has 1 amide bonds. The minimum Gasteiger partial charge on any atom is -0.457 e. The zero-order valence-corrected chi connectivity index (χ0v) is 17.3. The van der Waals surface area contributed by atoms with Gasteiger partial charge in [-0.15, -0.1) is 0 Å². The van der Waals surface area contributed by atoms with Crippen molar-refractivity contribution in [1.82, 2.24) is 4.90 Å². The predicted molar refractivity (Wildman–Crippen MR) is 112 cm³/mol. The highest BCUT2D eigenvalue weighted by Gasteiger charge is 2.31. The Morgan fingerprint density at radius 1 is 1.11 bits per heavy atom. The van der Waals surface area contributed by atoms with Crippen molar-refractivity contribution in [2.75, 3.05) is 18.4 Å². The molecule has 0 aromatic heterocycles. The number of benzene rings is 2. The molecule has 28 heavy (non-hydrogen) atoms. The summed E-state index contributed by atoms with van der Waals surface area (Å²) in [5.41, 5.74) is 0.511. The van der Waals surface area contributed by atoms with Gasteiger partial charge < -0.3 is 19.7 Å². The maximum Gasteiger partial charge on any atom is 0.410 e. The van der Waals surface area contributed by atoms with E-state index in [-0.39, 0.29) is 12.1 Å². The summed E-state index contributed by atoms with van der Waals surface area (Å²) in [6, 6.07) is 15.2. The molecule has 1 atom stereocenters. The van der Waals surface area contributed by atoms with E-state index in [0.717, 1.165) is 36.6 Å². The summed E-state index contributed by atoms with van der Waals surface area (Å²) in [6.45, 7) is 7.11. The second kappa shape index (κ2) is 8.74. The molecule has 0 aliphatic carbocycles. The molecule has 1 N–H and O–H groups in total. The average molecular weight is 403 g/mol. The van der Waals surface area contributed by atoms with Gasteiger partial charge in [-0.25, -0.2) is 4.79 Å². The van der Waals surface area contributed by atoms with Crippen molar-refractivity contribution < 1.29 is 14.3 Å². The number of nitrogens with one attached hydrogen (secondary N) is 1. The van der Waals surface area contributed by atoms with Crippen molar-refractivity contribution >= 4 is 23.4 Å². The van der Waals surface area contributed by atoms with E-state index < -0.39 is 5.60 Å². The number of ether oxygens (including phenoxy) is 2. The van der Waals surface area contributed by atoms with Gasteiger partial charge in [-0.1, -0.05) is 11.6 Å². The van der Waals surface area contributed by atoms with Crippen LogP contribution in [0.15, 0.2) is 48.5 Å². The van der Waals surface area contributed by atoms with Gasteiger partial charge in [-0.2, -0.15) is 0 Å². The molecule has 0 saturated carbocycles. The van der Waals surface area contributed by atoms with Crippen molar-refractivity contribution in [2.45, 2.75) is 45.3 Å². The number of carbonyl (C=O) groups excluding carboxylic acids is 1. The van der Waals surface area contributed by atoms with Crippen molar-refractivity contribution in [2.24, 2.45) is 0 Å². The summed E-state index contributed by atoms with van der Waals surface area (Å²) in [5, 5.41) is 4.09. The summed E-state index contributed by atoms with van der Waals surface area (Å²) in [4.78, 5) is 14.2. The van der Waals surface area contributed by atoms with Crippen LogP contribution in [0.2, 0.25) is 5.02 Å². The SMILES string of the molecule is CC(C)(C)OC(=O)N1CCC[C@H]1CNc1ccc(Oc2ccc(Cl)cc2)cc1. The first kappa shape index (κ1) is 20.3. The third-order valence-electron chi connectivity index (χ3n) is 4.45. The van der Waals surface area contributed by atoms with Crippen molar-refractivity contribution in [3.8, 4) is 11.5 Å². The Hall–Kier alpha value is -2.40. The Bertz CT molecular complexity index is 785. The van der Waals surface area contributed by atoms with Gasteiger partial charge in [-0.3, -0.25) is 0 Å². The van der Waals surface area contributed by atoms with Gasteiger partial charge >= 0.3 is 6.09 Å². The van der Waals surface area contributed by atoms with Gasteiger partial charge in [0, 0.05) is 23.8 Å². The highest BCUT2D eigenvalue weighted by Crippen LogP contribution is 2.25. The second-order valence-corrected chi connectivity index (χ2v) is 8.37. The first-order valence-corrected chi connectivity index (χ1v) is 9.95. The molecule has 2 aromatic carbocycles. The molecular formula is C22H27ClN2O3. The number of nitrogens with zero attached hydrogens (tertiary/aromatic N) is 1. The van der Waals surface area contributed by atoms with E-state index in [0.29, 0.717) is 11.6 Å². The monoisotopic (exact) mass is 402 g/mol. The number of halogens is 1. The molecule has 3 rings (SSSR count). The molecular weight excluding hydrogens is 376 g/mol. The van der Waals surface area contributed by atoms with E-state index >= 15 is 0 Å². The normalized spacial score (nSPS) is 16.7. The number of amides is 1.